The maximum atomic E-state index is 12.7. The maximum Gasteiger partial charge on any atom is 0.262 e. The number of amides is 1. The van der Waals surface area contributed by atoms with Crippen molar-refractivity contribution in [3.63, 3.8) is 0 Å². The van der Waals surface area contributed by atoms with Gasteiger partial charge in [0.1, 0.15) is 16.3 Å². The SMILES string of the molecule is COc1cc(CCC2CCN(C(=O)CCn3cnc4sccc4c3=O)CC2)cc(OC)c1. The van der Waals surface area contributed by atoms with Gasteiger partial charge in [-0.25, -0.2) is 4.98 Å². The molecule has 0 aliphatic carbocycles. The van der Waals surface area contributed by atoms with E-state index in [-0.39, 0.29) is 11.5 Å². The van der Waals surface area contributed by atoms with Crippen LogP contribution < -0.4 is 15.0 Å². The predicted molar refractivity (Wildman–Crippen MR) is 126 cm³/mol. The number of benzene rings is 1. The lowest BCUT2D eigenvalue weighted by atomic mass is 9.90. The molecule has 2 aromatic heterocycles. The normalized spacial score (nSPS) is 14.6. The van der Waals surface area contributed by atoms with Gasteiger partial charge in [-0.3, -0.25) is 14.2 Å². The molecule has 0 bridgehead atoms. The Morgan fingerprint density at radius 2 is 1.88 bits per heavy atom. The van der Waals surface area contributed by atoms with Crippen molar-refractivity contribution in [2.75, 3.05) is 27.3 Å². The van der Waals surface area contributed by atoms with Crippen LogP contribution in [0.1, 0.15) is 31.2 Å². The molecule has 0 N–H and O–H groups in total. The van der Waals surface area contributed by atoms with E-state index in [1.807, 2.05) is 16.3 Å². The summed E-state index contributed by atoms with van der Waals surface area (Å²) in [6.07, 6.45) is 5.94. The van der Waals surface area contributed by atoms with Crippen LogP contribution in [-0.4, -0.2) is 47.7 Å². The Labute approximate surface area is 191 Å². The fraction of sp³-hybridized carbons (Fsp3) is 0.458. The molecule has 3 aromatic rings. The summed E-state index contributed by atoms with van der Waals surface area (Å²) in [5.74, 6) is 2.34. The number of carbonyl (C=O) groups excluding carboxylic acids is 1. The quantitative estimate of drug-likeness (QED) is 0.517. The monoisotopic (exact) mass is 455 g/mol. The van der Waals surface area contributed by atoms with Gasteiger partial charge < -0.3 is 14.4 Å². The van der Waals surface area contributed by atoms with Crippen LogP contribution in [0.2, 0.25) is 0 Å². The number of hydrogen-bond donors (Lipinski definition) is 0. The number of likely N-dealkylation sites (tertiary alicyclic amines) is 1. The molecule has 0 radical (unpaired) electrons. The summed E-state index contributed by atoms with van der Waals surface area (Å²) in [4.78, 5) is 32.2. The summed E-state index contributed by atoms with van der Waals surface area (Å²) in [7, 11) is 3.33. The van der Waals surface area contributed by atoms with Gasteiger partial charge in [0.2, 0.25) is 5.91 Å². The van der Waals surface area contributed by atoms with Gasteiger partial charge in [0, 0.05) is 32.1 Å². The lowest BCUT2D eigenvalue weighted by molar-refractivity contribution is -0.132. The molecule has 0 unspecified atom stereocenters. The molecule has 1 aromatic carbocycles. The Morgan fingerprint density at radius 1 is 1.16 bits per heavy atom. The molecule has 1 saturated heterocycles. The predicted octanol–water partition coefficient (Wildman–Crippen LogP) is 3.74. The number of methoxy groups -OCH3 is 2. The van der Waals surface area contributed by atoms with Crippen molar-refractivity contribution in [3.8, 4) is 11.5 Å². The van der Waals surface area contributed by atoms with Gasteiger partial charge in [-0.05, 0) is 60.7 Å². The van der Waals surface area contributed by atoms with E-state index < -0.39 is 0 Å². The minimum Gasteiger partial charge on any atom is -0.497 e. The zero-order chi connectivity index (χ0) is 22.5. The molecule has 4 rings (SSSR count). The highest BCUT2D eigenvalue weighted by Gasteiger charge is 2.22. The Balaban J connectivity index is 1.25. The molecule has 8 heteroatoms. The summed E-state index contributed by atoms with van der Waals surface area (Å²) >= 11 is 1.45. The molecule has 170 valence electrons. The third-order valence-corrected chi connectivity index (χ3v) is 7.06. The van der Waals surface area contributed by atoms with Crippen molar-refractivity contribution in [2.24, 2.45) is 5.92 Å². The Morgan fingerprint density at radius 3 is 2.56 bits per heavy atom. The molecular formula is C24H29N3O4S. The number of hydrogen-bond acceptors (Lipinski definition) is 6. The van der Waals surface area contributed by atoms with E-state index in [9.17, 15) is 9.59 Å². The van der Waals surface area contributed by atoms with Gasteiger partial charge in [-0.15, -0.1) is 11.3 Å². The van der Waals surface area contributed by atoms with Gasteiger partial charge >= 0.3 is 0 Å². The molecule has 1 amide bonds. The summed E-state index contributed by atoms with van der Waals surface area (Å²) in [5.41, 5.74) is 1.14. The number of carbonyl (C=O) groups is 1. The first-order chi connectivity index (χ1) is 15.6. The Hall–Kier alpha value is -2.87. The average molecular weight is 456 g/mol. The van der Waals surface area contributed by atoms with Crippen LogP contribution in [0.3, 0.4) is 0 Å². The van der Waals surface area contributed by atoms with Crippen LogP contribution in [0.25, 0.3) is 10.2 Å². The van der Waals surface area contributed by atoms with Crippen LogP contribution in [0.5, 0.6) is 11.5 Å². The number of aromatic nitrogens is 2. The molecule has 0 saturated carbocycles. The molecule has 0 atom stereocenters. The fourth-order valence-electron chi connectivity index (χ4n) is 4.28. The summed E-state index contributed by atoms with van der Waals surface area (Å²) in [6, 6.07) is 7.80. The summed E-state index contributed by atoms with van der Waals surface area (Å²) in [5, 5.41) is 2.49. The highest BCUT2D eigenvalue weighted by Crippen LogP contribution is 2.27. The number of aryl methyl sites for hydroxylation is 2. The van der Waals surface area contributed by atoms with Crippen molar-refractivity contribution in [2.45, 2.75) is 38.6 Å². The first-order valence-corrected chi connectivity index (χ1v) is 11.9. The van der Waals surface area contributed by atoms with E-state index in [0.717, 1.165) is 55.1 Å². The Bertz CT molecular complexity index is 1110. The topological polar surface area (TPSA) is 73.7 Å². The largest absolute Gasteiger partial charge is 0.497 e. The third kappa shape index (κ3) is 5.12. The first kappa shape index (κ1) is 22.3. The van der Waals surface area contributed by atoms with E-state index in [1.165, 1.54) is 16.9 Å². The van der Waals surface area contributed by atoms with E-state index in [1.54, 1.807) is 31.2 Å². The van der Waals surface area contributed by atoms with Crippen LogP contribution in [-0.2, 0) is 17.8 Å². The van der Waals surface area contributed by atoms with Crippen molar-refractivity contribution >= 4 is 27.5 Å². The Kier molecular flexibility index (Phi) is 7.09. The van der Waals surface area contributed by atoms with E-state index in [4.69, 9.17) is 9.47 Å². The number of nitrogens with zero attached hydrogens (tertiary/aromatic N) is 3. The van der Waals surface area contributed by atoms with Crippen molar-refractivity contribution in [3.05, 3.63) is 51.9 Å². The van der Waals surface area contributed by atoms with Gasteiger partial charge in [0.15, 0.2) is 0 Å². The van der Waals surface area contributed by atoms with Gasteiger partial charge in [-0.1, -0.05) is 0 Å². The number of piperidine rings is 1. The van der Waals surface area contributed by atoms with Crippen LogP contribution in [0.4, 0.5) is 0 Å². The molecular weight excluding hydrogens is 426 g/mol. The van der Waals surface area contributed by atoms with Crippen LogP contribution in [0.15, 0.2) is 40.8 Å². The summed E-state index contributed by atoms with van der Waals surface area (Å²) < 4.78 is 12.3. The van der Waals surface area contributed by atoms with Gasteiger partial charge in [-0.2, -0.15) is 0 Å². The minimum absolute atomic E-state index is 0.0723. The number of rotatable bonds is 8. The second kappa shape index (κ2) is 10.2. The second-order valence-electron chi connectivity index (χ2n) is 8.22. The lowest BCUT2D eigenvalue weighted by Gasteiger charge is -2.32. The van der Waals surface area contributed by atoms with Crippen molar-refractivity contribution in [1.82, 2.24) is 14.5 Å². The molecule has 7 nitrogen and oxygen atoms in total. The maximum absolute atomic E-state index is 12.7. The smallest absolute Gasteiger partial charge is 0.262 e. The minimum atomic E-state index is -0.0723. The van der Waals surface area contributed by atoms with E-state index in [0.29, 0.717) is 24.3 Å². The van der Waals surface area contributed by atoms with Crippen LogP contribution in [0, 0.1) is 5.92 Å². The molecule has 0 spiro atoms. The highest BCUT2D eigenvalue weighted by molar-refractivity contribution is 7.16. The van der Waals surface area contributed by atoms with Gasteiger partial charge in [0.05, 0.1) is 25.9 Å². The lowest BCUT2D eigenvalue weighted by Crippen LogP contribution is -2.39. The molecule has 1 fully saturated rings. The molecule has 1 aliphatic heterocycles. The summed E-state index contributed by atoms with van der Waals surface area (Å²) in [6.45, 7) is 1.93. The third-order valence-electron chi connectivity index (χ3n) is 6.24. The molecule has 32 heavy (non-hydrogen) atoms. The fourth-order valence-corrected chi connectivity index (χ4v) is 5.00. The standard InChI is InChI=1S/C24H29N3O4S/c1-30-19-13-18(14-20(15-19)31-2)4-3-17-5-9-26(10-6-17)22(28)7-11-27-16-25-23-21(24(27)29)8-12-32-23/h8,12-17H,3-7,9-11H2,1-2H3. The number of ether oxygens (including phenoxy) is 2. The van der Waals surface area contributed by atoms with Crippen LogP contribution >= 0.6 is 11.3 Å². The van der Waals surface area contributed by atoms with E-state index >= 15 is 0 Å². The van der Waals surface area contributed by atoms with Crippen molar-refractivity contribution < 1.29 is 14.3 Å². The molecule has 3 heterocycles. The first-order valence-electron chi connectivity index (χ1n) is 11.0. The van der Waals surface area contributed by atoms with Crippen molar-refractivity contribution in [1.29, 1.82) is 0 Å². The zero-order valence-electron chi connectivity index (χ0n) is 18.6. The second-order valence-corrected chi connectivity index (χ2v) is 9.11. The van der Waals surface area contributed by atoms with Gasteiger partial charge in [0.25, 0.3) is 5.56 Å². The van der Waals surface area contributed by atoms with E-state index in [2.05, 4.69) is 17.1 Å². The zero-order valence-corrected chi connectivity index (χ0v) is 19.4. The molecule has 1 aliphatic rings. The average Bonchev–Trinajstić information content (AvgIpc) is 3.32. The number of thiophene rings is 1. The highest BCUT2D eigenvalue weighted by atomic mass is 32.1. The number of fused-ring (bicyclic) bond motifs is 1.